The first kappa shape index (κ1) is 15.5. The molecule has 2 saturated heterocycles. The Labute approximate surface area is 129 Å². The Bertz CT molecular complexity index is 662. The monoisotopic (exact) mass is 327 g/mol. The van der Waals surface area contributed by atoms with Gasteiger partial charge in [-0.05, 0) is 19.8 Å². The lowest BCUT2D eigenvalue weighted by atomic mass is 10.1. The van der Waals surface area contributed by atoms with Gasteiger partial charge in [0.25, 0.3) is 5.91 Å². The van der Waals surface area contributed by atoms with Crippen molar-refractivity contribution in [2.75, 3.05) is 31.3 Å². The molecule has 1 aromatic heterocycles. The lowest BCUT2D eigenvalue weighted by molar-refractivity contribution is 0.0944. The summed E-state index contributed by atoms with van der Waals surface area (Å²) in [5, 5.41) is 7.14. The van der Waals surface area contributed by atoms with E-state index in [9.17, 15) is 13.2 Å². The quantitative estimate of drug-likeness (QED) is 0.860. The van der Waals surface area contributed by atoms with Gasteiger partial charge in [-0.3, -0.25) is 9.48 Å². The minimum atomic E-state index is -2.97. The highest BCUT2D eigenvalue weighted by Gasteiger charge is 2.31. The molecule has 3 rings (SSSR count). The van der Waals surface area contributed by atoms with Gasteiger partial charge in [-0.2, -0.15) is 5.10 Å². The highest BCUT2D eigenvalue weighted by atomic mass is 32.2. The molecule has 2 fully saturated rings. The number of hydrogen-bond donors (Lipinski definition) is 1. The first-order chi connectivity index (χ1) is 10.5. The second-order valence-electron chi connectivity index (χ2n) is 6.08. The van der Waals surface area contributed by atoms with Gasteiger partial charge in [0.15, 0.2) is 9.84 Å². The number of ether oxygens (including phenoxy) is 1. The van der Waals surface area contributed by atoms with E-state index in [0.29, 0.717) is 31.1 Å². The minimum absolute atomic E-state index is 0.107. The Hall–Kier alpha value is -1.41. The van der Waals surface area contributed by atoms with E-state index in [1.807, 2.05) is 6.92 Å². The van der Waals surface area contributed by atoms with Crippen LogP contribution >= 0.6 is 0 Å². The standard InChI is InChI=1S/C14H21N3O4S/c1-10-13(14(18)15-6-11-2-4-21-8-11)7-16-17(10)12-3-5-22(19,20)9-12/h7,11-12H,2-6,8-9H2,1H3,(H,15,18)/t11-,12-/m1/s1. The largest absolute Gasteiger partial charge is 0.381 e. The van der Waals surface area contributed by atoms with E-state index in [0.717, 1.165) is 18.7 Å². The third-order valence-corrected chi connectivity index (χ3v) is 6.17. The van der Waals surface area contributed by atoms with E-state index < -0.39 is 9.84 Å². The van der Waals surface area contributed by atoms with Crippen LogP contribution in [-0.4, -0.2) is 55.4 Å². The highest BCUT2D eigenvalue weighted by molar-refractivity contribution is 7.91. The van der Waals surface area contributed by atoms with E-state index in [1.165, 1.54) is 6.20 Å². The average molecular weight is 327 g/mol. The number of rotatable bonds is 4. The zero-order valence-corrected chi connectivity index (χ0v) is 13.4. The molecule has 8 heteroatoms. The van der Waals surface area contributed by atoms with E-state index in [2.05, 4.69) is 10.4 Å². The number of sulfone groups is 1. The molecule has 2 aliphatic heterocycles. The zero-order valence-electron chi connectivity index (χ0n) is 12.6. The van der Waals surface area contributed by atoms with Gasteiger partial charge >= 0.3 is 0 Å². The summed E-state index contributed by atoms with van der Waals surface area (Å²) in [6.45, 7) is 3.86. The normalized spacial score (nSPS) is 27.1. The van der Waals surface area contributed by atoms with Crippen molar-refractivity contribution in [2.24, 2.45) is 5.92 Å². The van der Waals surface area contributed by atoms with Crippen molar-refractivity contribution in [1.82, 2.24) is 15.1 Å². The lowest BCUT2D eigenvalue weighted by Gasteiger charge is -2.12. The van der Waals surface area contributed by atoms with Gasteiger partial charge in [-0.1, -0.05) is 0 Å². The average Bonchev–Trinajstić information content (AvgIpc) is 3.16. The van der Waals surface area contributed by atoms with Crippen LogP contribution in [0.5, 0.6) is 0 Å². The molecular formula is C14H21N3O4S. The molecule has 0 aromatic carbocycles. The third-order valence-electron chi connectivity index (χ3n) is 4.42. The van der Waals surface area contributed by atoms with Crippen molar-refractivity contribution < 1.29 is 17.9 Å². The van der Waals surface area contributed by atoms with Crippen LogP contribution in [0.1, 0.15) is 34.9 Å². The lowest BCUT2D eigenvalue weighted by Crippen LogP contribution is -2.29. The van der Waals surface area contributed by atoms with Crippen LogP contribution in [0.2, 0.25) is 0 Å². The van der Waals surface area contributed by atoms with Crippen LogP contribution in [0.25, 0.3) is 0 Å². The fourth-order valence-electron chi connectivity index (χ4n) is 3.06. The first-order valence-electron chi connectivity index (χ1n) is 7.57. The maximum absolute atomic E-state index is 12.3. The SMILES string of the molecule is Cc1c(C(=O)NC[C@H]2CCOC2)cnn1[C@@H]1CCS(=O)(=O)C1. The summed E-state index contributed by atoms with van der Waals surface area (Å²) in [5.74, 6) is 0.520. The molecule has 0 radical (unpaired) electrons. The number of nitrogens with zero attached hydrogens (tertiary/aromatic N) is 2. The molecule has 2 atom stereocenters. The number of nitrogens with one attached hydrogen (secondary N) is 1. The number of amides is 1. The maximum Gasteiger partial charge on any atom is 0.254 e. The molecule has 122 valence electrons. The Balaban J connectivity index is 1.66. The summed E-state index contributed by atoms with van der Waals surface area (Å²) in [6.07, 6.45) is 3.06. The van der Waals surface area contributed by atoms with E-state index in [4.69, 9.17) is 4.74 Å². The van der Waals surface area contributed by atoms with Crippen LogP contribution in [-0.2, 0) is 14.6 Å². The second kappa shape index (κ2) is 6.00. The molecule has 1 N–H and O–H groups in total. The summed E-state index contributed by atoms with van der Waals surface area (Å²) in [7, 11) is -2.97. The van der Waals surface area contributed by atoms with Gasteiger partial charge in [0.1, 0.15) is 0 Å². The van der Waals surface area contributed by atoms with E-state index >= 15 is 0 Å². The van der Waals surface area contributed by atoms with Crippen molar-refractivity contribution in [3.05, 3.63) is 17.5 Å². The Morgan fingerprint density at radius 2 is 2.32 bits per heavy atom. The fraction of sp³-hybridized carbons (Fsp3) is 0.714. The van der Waals surface area contributed by atoms with Crippen molar-refractivity contribution >= 4 is 15.7 Å². The molecule has 0 spiro atoms. The molecule has 1 aromatic rings. The number of aromatic nitrogens is 2. The van der Waals surface area contributed by atoms with Gasteiger partial charge in [-0.15, -0.1) is 0 Å². The van der Waals surface area contributed by atoms with Crippen molar-refractivity contribution in [3.8, 4) is 0 Å². The van der Waals surface area contributed by atoms with Crippen LogP contribution in [0.4, 0.5) is 0 Å². The van der Waals surface area contributed by atoms with Crippen LogP contribution in [0, 0.1) is 12.8 Å². The van der Waals surface area contributed by atoms with Crippen LogP contribution < -0.4 is 5.32 Å². The molecular weight excluding hydrogens is 306 g/mol. The predicted octanol–water partition coefficient (Wildman–Crippen LogP) is 0.317. The van der Waals surface area contributed by atoms with E-state index in [-0.39, 0.29) is 23.5 Å². The van der Waals surface area contributed by atoms with Crippen molar-refractivity contribution in [1.29, 1.82) is 0 Å². The van der Waals surface area contributed by atoms with Gasteiger partial charge < -0.3 is 10.1 Å². The van der Waals surface area contributed by atoms with Gasteiger partial charge in [0, 0.05) is 24.8 Å². The third kappa shape index (κ3) is 3.17. The Morgan fingerprint density at radius 1 is 1.50 bits per heavy atom. The summed E-state index contributed by atoms with van der Waals surface area (Å²) in [5.41, 5.74) is 1.24. The molecule has 1 amide bonds. The summed E-state index contributed by atoms with van der Waals surface area (Å²) in [4.78, 5) is 12.3. The number of carbonyl (C=O) groups is 1. The first-order valence-corrected chi connectivity index (χ1v) is 9.39. The molecule has 3 heterocycles. The molecule has 0 aliphatic carbocycles. The highest BCUT2D eigenvalue weighted by Crippen LogP contribution is 2.25. The predicted molar refractivity (Wildman–Crippen MR) is 80.5 cm³/mol. The maximum atomic E-state index is 12.3. The van der Waals surface area contributed by atoms with Crippen molar-refractivity contribution in [2.45, 2.75) is 25.8 Å². The summed E-state index contributed by atoms with van der Waals surface area (Å²) < 4.78 is 30.1. The van der Waals surface area contributed by atoms with Gasteiger partial charge in [0.2, 0.25) is 0 Å². The summed E-state index contributed by atoms with van der Waals surface area (Å²) >= 11 is 0. The van der Waals surface area contributed by atoms with E-state index in [1.54, 1.807) is 4.68 Å². The Kier molecular flexibility index (Phi) is 4.22. The summed E-state index contributed by atoms with van der Waals surface area (Å²) in [6, 6.07) is -0.158. The molecule has 0 unspecified atom stereocenters. The molecule has 0 bridgehead atoms. The van der Waals surface area contributed by atoms with Crippen LogP contribution in [0.15, 0.2) is 6.20 Å². The molecule has 0 saturated carbocycles. The smallest absolute Gasteiger partial charge is 0.254 e. The van der Waals surface area contributed by atoms with Gasteiger partial charge in [-0.25, -0.2) is 8.42 Å². The molecule has 7 nitrogen and oxygen atoms in total. The molecule has 2 aliphatic rings. The van der Waals surface area contributed by atoms with Crippen LogP contribution in [0.3, 0.4) is 0 Å². The second-order valence-corrected chi connectivity index (χ2v) is 8.31. The van der Waals surface area contributed by atoms with Crippen molar-refractivity contribution in [3.63, 3.8) is 0 Å². The zero-order chi connectivity index (χ0) is 15.7. The Morgan fingerprint density at radius 3 is 2.95 bits per heavy atom. The molecule has 22 heavy (non-hydrogen) atoms. The topological polar surface area (TPSA) is 90.3 Å². The number of hydrogen-bond acceptors (Lipinski definition) is 5. The minimum Gasteiger partial charge on any atom is -0.381 e. The van der Waals surface area contributed by atoms with Gasteiger partial charge in [0.05, 0.1) is 35.9 Å². The number of carbonyl (C=O) groups excluding carboxylic acids is 1. The fourth-order valence-corrected chi connectivity index (χ4v) is 4.75.